The van der Waals surface area contributed by atoms with Crippen LogP contribution in [0.3, 0.4) is 0 Å². The van der Waals surface area contributed by atoms with Gasteiger partial charge in [0.1, 0.15) is 17.3 Å². The van der Waals surface area contributed by atoms with Gasteiger partial charge in [-0.2, -0.15) is 0 Å². The van der Waals surface area contributed by atoms with Gasteiger partial charge in [0.2, 0.25) is 0 Å². The number of hydrogen-bond donors (Lipinski definition) is 2. The van der Waals surface area contributed by atoms with Gasteiger partial charge >= 0.3 is 0 Å². The van der Waals surface area contributed by atoms with E-state index in [2.05, 4.69) is 6.92 Å². The molecule has 36 heavy (non-hydrogen) atoms. The Morgan fingerprint density at radius 1 is 0.972 bits per heavy atom. The van der Waals surface area contributed by atoms with Crippen molar-refractivity contribution in [2.24, 2.45) is 0 Å². The number of ketones is 1. The number of phenols is 1. The number of nitrogens with zero attached hydrogens (tertiary/aromatic N) is 1. The minimum Gasteiger partial charge on any atom is -0.508 e. The number of aromatic hydroxyl groups is 1. The second kappa shape index (κ2) is 11.1. The Morgan fingerprint density at radius 3 is 2.31 bits per heavy atom. The first-order valence-corrected chi connectivity index (χ1v) is 12.3. The summed E-state index contributed by atoms with van der Waals surface area (Å²) in [5.41, 5.74) is 0.960. The summed E-state index contributed by atoms with van der Waals surface area (Å²) in [7, 11) is 0. The fraction of sp³-hybridized carbons (Fsp3) is 0.214. The highest BCUT2D eigenvalue weighted by Gasteiger charge is 2.47. The van der Waals surface area contributed by atoms with Crippen LogP contribution in [0.15, 0.2) is 72.3 Å². The fourth-order valence-electron chi connectivity index (χ4n) is 4.19. The van der Waals surface area contributed by atoms with Crippen molar-refractivity contribution in [2.75, 3.05) is 11.5 Å². The van der Waals surface area contributed by atoms with E-state index in [4.69, 9.17) is 27.9 Å². The molecule has 1 aliphatic heterocycles. The number of unbranched alkanes of at least 4 members (excludes halogenated alkanes) is 2. The summed E-state index contributed by atoms with van der Waals surface area (Å²) in [6.45, 7) is 2.70. The van der Waals surface area contributed by atoms with Gasteiger partial charge in [0.15, 0.2) is 0 Å². The number of benzene rings is 3. The van der Waals surface area contributed by atoms with Crippen LogP contribution >= 0.6 is 23.2 Å². The first-order valence-electron chi connectivity index (χ1n) is 11.6. The predicted molar refractivity (Wildman–Crippen MR) is 141 cm³/mol. The van der Waals surface area contributed by atoms with Gasteiger partial charge < -0.3 is 14.9 Å². The Morgan fingerprint density at radius 2 is 1.67 bits per heavy atom. The van der Waals surface area contributed by atoms with E-state index in [1.807, 2.05) is 0 Å². The van der Waals surface area contributed by atoms with Gasteiger partial charge in [0.05, 0.1) is 18.2 Å². The largest absolute Gasteiger partial charge is 0.508 e. The Bertz CT molecular complexity index is 1300. The Kier molecular flexibility index (Phi) is 7.87. The molecule has 3 aromatic carbocycles. The molecule has 1 aliphatic rings. The van der Waals surface area contributed by atoms with E-state index in [9.17, 15) is 19.8 Å². The van der Waals surface area contributed by atoms with Crippen LogP contribution in [0.1, 0.15) is 43.4 Å². The van der Waals surface area contributed by atoms with E-state index in [0.717, 1.165) is 19.3 Å². The van der Waals surface area contributed by atoms with Crippen LogP contribution in [-0.2, 0) is 9.59 Å². The number of anilines is 1. The number of aliphatic hydroxyl groups is 1. The number of hydrogen-bond acceptors (Lipinski definition) is 5. The minimum absolute atomic E-state index is 0.0493. The number of amides is 1. The average molecular weight is 526 g/mol. The summed E-state index contributed by atoms with van der Waals surface area (Å²) < 4.78 is 5.73. The molecule has 0 bridgehead atoms. The maximum atomic E-state index is 13.2. The number of ether oxygens (including phenoxy) is 1. The highest BCUT2D eigenvalue weighted by Crippen LogP contribution is 2.44. The van der Waals surface area contributed by atoms with Gasteiger partial charge in [-0.3, -0.25) is 14.5 Å². The Balaban J connectivity index is 1.78. The molecular formula is C28H25Cl2NO5. The van der Waals surface area contributed by atoms with Crippen molar-refractivity contribution in [2.45, 2.75) is 32.2 Å². The van der Waals surface area contributed by atoms with Crippen molar-refractivity contribution in [1.82, 2.24) is 0 Å². The standard InChI is InChI=1S/C28H25Cl2NO5/c1-2-3-4-12-36-23-10-8-17(9-11-23)26(33)24-25(18-6-5-7-22(32)13-18)31(28(35)27(24)34)21-15-19(29)14-20(30)16-21/h5-11,13-16,25,32-33H,2-4,12H2,1H3/b26-24+. The Labute approximate surface area is 219 Å². The van der Waals surface area contributed by atoms with Crippen LogP contribution in [0.4, 0.5) is 5.69 Å². The zero-order valence-corrected chi connectivity index (χ0v) is 21.1. The van der Waals surface area contributed by atoms with Gasteiger partial charge in [-0.1, -0.05) is 55.1 Å². The molecule has 0 aromatic heterocycles. The van der Waals surface area contributed by atoms with Crippen molar-refractivity contribution in [3.63, 3.8) is 0 Å². The van der Waals surface area contributed by atoms with Crippen molar-refractivity contribution in [1.29, 1.82) is 0 Å². The number of aliphatic hydroxyl groups excluding tert-OH is 1. The molecule has 0 saturated carbocycles. The van der Waals surface area contributed by atoms with Gasteiger partial charge in [-0.25, -0.2) is 0 Å². The average Bonchev–Trinajstić information content (AvgIpc) is 3.11. The monoisotopic (exact) mass is 525 g/mol. The number of carbonyl (C=O) groups excluding carboxylic acids is 2. The molecule has 0 spiro atoms. The summed E-state index contributed by atoms with van der Waals surface area (Å²) in [6.07, 6.45) is 3.11. The molecule has 0 aliphatic carbocycles. The van der Waals surface area contributed by atoms with Crippen LogP contribution in [0.25, 0.3) is 5.76 Å². The molecule has 3 aromatic rings. The molecule has 2 N–H and O–H groups in total. The van der Waals surface area contributed by atoms with E-state index in [1.165, 1.54) is 35.2 Å². The minimum atomic E-state index is -1.02. The summed E-state index contributed by atoms with van der Waals surface area (Å²) in [5.74, 6) is -1.46. The molecule has 8 heteroatoms. The molecule has 186 valence electrons. The lowest BCUT2D eigenvalue weighted by atomic mass is 9.95. The van der Waals surface area contributed by atoms with Crippen LogP contribution < -0.4 is 9.64 Å². The number of Topliss-reactive ketones (excluding diaryl/α,β-unsaturated/α-hetero) is 1. The molecule has 1 heterocycles. The second-order valence-corrected chi connectivity index (χ2v) is 9.34. The topological polar surface area (TPSA) is 87.1 Å². The number of phenolic OH excluding ortho intramolecular Hbond substituents is 1. The van der Waals surface area contributed by atoms with Crippen molar-refractivity contribution in [3.8, 4) is 11.5 Å². The van der Waals surface area contributed by atoms with E-state index in [-0.39, 0.29) is 32.8 Å². The molecule has 0 radical (unpaired) electrons. The molecule has 4 rings (SSSR count). The van der Waals surface area contributed by atoms with Crippen molar-refractivity contribution >= 4 is 46.3 Å². The fourth-order valence-corrected chi connectivity index (χ4v) is 4.71. The smallest absolute Gasteiger partial charge is 0.300 e. The van der Waals surface area contributed by atoms with Crippen LogP contribution in [-0.4, -0.2) is 28.5 Å². The quantitative estimate of drug-likeness (QED) is 0.144. The SMILES string of the molecule is CCCCCOc1ccc(/C(O)=C2\C(=O)C(=O)N(c3cc(Cl)cc(Cl)c3)C2c2cccc(O)c2)cc1. The first-order chi connectivity index (χ1) is 17.3. The molecule has 1 saturated heterocycles. The lowest BCUT2D eigenvalue weighted by molar-refractivity contribution is -0.132. The molecule has 6 nitrogen and oxygen atoms in total. The molecule has 1 fully saturated rings. The van der Waals surface area contributed by atoms with Gasteiger partial charge in [0, 0.05) is 21.3 Å². The molecule has 1 unspecified atom stereocenters. The number of carbonyl (C=O) groups is 2. The third-order valence-corrected chi connectivity index (χ3v) is 6.34. The third kappa shape index (κ3) is 5.35. The normalized spacial score (nSPS) is 17.0. The molecule has 1 atom stereocenters. The molecule has 1 amide bonds. The van der Waals surface area contributed by atoms with Crippen molar-refractivity contribution < 1.29 is 24.5 Å². The van der Waals surface area contributed by atoms with Gasteiger partial charge in [-0.15, -0.1) is 0 Å². The van der Waals surface area contributed by atoms with E-state index in [0.29, 0.717) is 23.5 Å². The highest BCUT2D eigenvalue weighted by atomic mass is 35.5. The molecular weight excluding hydrogens is 501 g/mol. The lowest BCUT2D eigenvalue weighted by Crippen LogP contribution is -2.29. The van der Waals surface area contributed by atoms with E-state index < -0.39 is 17.7 Å². The van der Waals surface area contributed by atoms with Crippen LogP contribution in [0.2, 0.25) is 10.0 Å². The van der Waals surface area contributed by atoms with E-state index >= 15 is 0 Å². The number of rotatable bonds is 8. The van der Waals surface area contributed by atoms with Crippen LogP contribution in [0, 0.1) is 0 Å². The predicted octanol–water partition coefficient (Wildman–Crippen LogP) is 6.89. The van der Waals surface area contributed by atoms with Crippen LogP contribution in [0.5, 0.6) is 11.5 Å². The maximum Gasteiger partial charge on any atom is 0.300 e. The second-order valence-electron chi connectivity index (χ2n) is 8.47. The summed E-state index contributed by atoms with van der Waals surface area (Å²) in [5, 5.41) is 21.9. The number of halogens is 2. The Hall–Kier alpha value is -3.48. The summed E-state index contributed by atoms with van der Waals surface area (Å²) >= 11 is 12.3. The van der Waals surface area contributed by atoms with E-state index in [1.54, 1.807) is 36.4 Å². The summed E-state index contributed by atoms with van der Waals surface area (Å²) in [4.78, 5) is 27.7. The first kappa shape index (κ1) is 25.6. The zero-order chi connectivity index (χ0) is 25.8. The van der Waals surface area contributed by atoms with Crippen molar-refractivity contribution in [3.05, 3.63) is 93.5 Å². The zero-order valence-electron chi connectivity index (χ0n) is 19.6. The van der Waals surface area contributed by atoms with Gasteiger partial charge in [0.25, 0.3) is 11.7 Å². The third-order valence-electron chi connectivity index (χ3n) is 5.90. The summed E-state index contributed by atoms with van der Waals surface area (Å²) in [6, 6.07) is 16.4. The van der Waals surface area contributed by atoms with Gasteiger partial charge in [-0.05, 0) is 66.6 Å². The lowest BCUT2D eigenvalue weighted by Gasteiger charge is -2.26. The highest BCUT2D eigenvalue weighted by molar-refractivity contribution is 6.52. The maximum absolute atomic E-state index is 13.2.